The molecule has 0 bridgehead atoms. The van der Waals surface area contributed by atoms with Crippen LogP contribution in [0.5, 0.6) is 5.75 Å². The van der Waals surface area contributed by atoms with E-state index in [1.807, 2.05) is 18.2 Å². The highest BCUT2D eigenvalue weighted by molar-refractivity contribution is 7.93. The third-order valence-corrected chi connectivity index (χ3v) is 8.87. The van der Waals surface area contributed by atoms with Gasteiger partial charge in [0.05, 0.1) is 12.8 Å². The van der Waals surface area contributed by atoms with Crippen molar-refractivity contribution in [3.05, 3.63) is 87.9 Å². The van der Waals surface area contributed by atoms with Gasteiger partial charge in [0, 0.05) is 23.1 Å². The normalized spacial score (nSPS) is 14.4. The van der Waals surface area contributed by atoms with Crippen LogP contribution >= 0.6 is 23.2 Å². The number of aryl methyl sites for hydroxylation is 1. The Morgan fingerprint density at radius 3 is 2.27 bits per heavy atom. The Kier molecular flexibility index (Phi) is 8.67. The Balaban J connectivity index is 1.58. The number of halogens is 2. The largest absolute Gasteiger partial charge is 0.495 e. The van der Waals surface area contributed by atoms with Gasteiger partial charge < -0.3 is 9.64 Å². The van der Waals surface area contributed by atoms with E-state index in [-0.39, 0.29) is 38.8 Å². The lowest BCUT2D eigenvalue weighted by Crippen LogP contribution is -2.46. The molecule has 0 saturated carbocycles. The van der Waals surface area contributed by atoms with Gasteiger partial charge in [-0.05, 0) is 73.6 Å². The molecule has 4 rings (SSSR count). The van der Waals surface area contributed by atoms with E-state index in [4.69, 9.17) is 27.9 Å². The number of piperidine rings is 1. The van der Waals surface area contributed by atoms with Crippen LogP contribution in [-0.2, 0) is 21.2 Å². The maximum Gasteiger partial charge on any atom is 0.268 e. The van der Waals surface area contributed by atoms with Crippen molar-refractivity contribution in [3.8, 4) is 5.75 Å². The number of carbonyl (C=O) groups is 1. The van der Waals surface area contributed by atoms with Crippen molar-refractivity contribution in [2.24, 2.45) is 5.92 Å². The fourth-order valence-electron chi connectivity index (χ4n) is 4.66. The summed E-state index contributed by atoms with van der Waals surface area (Å²) in [4.78, 5) is 15.2. The van der Waals surface area contributed by atoms with Gasteiger partial charge in [-0.15, -0.1) is 0 Å². The number of benzene rings is 3. The predicted octanol–water partition coefficient (Wildman–Crippen LogP) is 5.99. The van der Waals surface area contributed by atoms with Crippen LogP contribution in [-0.4, -0.2) is 46.0 Å². The number of anilines is 1. The maximum atomic E-state index is 13.9. The highest BCUT2D eigenvalue weighted by Gasteiger charge is 2.33. The summed E-state index contributed by atoms with van der Waals surface area (Å²) in [6, 6.07) is 19.7. The molecule has 1 aliphatic rings. The third-order valence-electron chi connectivity index (χ3n) is 6.64. The molecule has 6 nitrogen and oxygen atoms in total. The minimum atomic E-state index is -4.19. The SMILES string of the molecule is COc1ccc(C)cc1S(=O)(=O)N(CC(=O)N1CCC(Cc2ccccc2)CC1)c1cc(Cl)cc(Cl)c1. The number of sulfonamides is 1. The van der Waals surface area contributed by atoms with Crippen LogP contribution < -0.4 is 9.04 Å². The van der Waals surface area contributed by atoms with Crippen molar-refractivity contribution in [2.45, 2.75) is 31.1 Å². The highest BCUT2D eigenvalue weighted by Crippen LogP contribution is 2.34. The minimum absolute atomic E-state index is 0.0273. The number of nitrogens with zero attached hydrogens (tertiary/aromatic N) is 2. The van der Waals surface area contributed by atoms with Gasteiger partial charge in [0.15, 0.2) is 0 Å². The topological polar surface area (TPSA) is 66.9 Å². The molecule has 0 radical (unpaired) electrons. The second kappa shape index (κ2) is 11.8. The molecule has 0 aliphatic carbocycles. The second-order valence-electron chi connectivity index (χ2n) is 9.31. The molecule has 37 heavy (non-hydrogen) atoms. The summed E-state index contributed by atoms with van der Waals surface area (Å²) in [6.07, 6.45) is 2.70. The number of ether oxygens (including phenoxy) is 1. The number of amides is 1. The maximum absolute atomic E-state index is 13.9. The first-order valence-electron chi connectivity index (χ1n) is 12.1. The van der Waals surface area contributed by atoms with Crippen LogP contribution in [0.4, 0.5) is 5.69 Å². The van der Waals surface area contributed by atoms with Crippen molar-refractivity contribution in [1.29, 1.82) is 0 Å². The van der Waals surface area contributed by atoms with Crippen molar-refractivity contribution < 1.29 is 17.9 Å². The molecule has 3 aromatic rings. The van der Waals surface area contributed by atoms with Gasteiger partial charge in [-0.3, -0.25) is 9.10 Å². The van der Waals surface area contributed by atoms with E-state index < -0.39 is 10.0 Å². The summed E-state index contributed by atoms with van der Waals surface area (Å²) in [6.45, 7) is 2.58. The number of hydrogen-bond acceptors (Lipinski definition) is 4. The number of likely N-dealkylation sites (tertiary alicyclic amines) is 1. The van der Waals surface area contributed by atoms with Crippen molar-refractivity contribution in [3.63, 3.8) is 0 Å². The number of methoxy groups -OCH3 is 1. The molecule has 1 amide bonds. The molecule has 0 N–H and O–H groups in total. The van der Waals surface area contributed by atoms with Gasteiger partial charge in [-0.2, -0.15) is 0 Å². The van der Waals surface area contributed by atoms with E-state index in [1.165, 1.54) is 36.9 Å². The molecule has 1 aliphatic heterocycles. The molecule has 9 heteroatoms. The summed E-state index contributed by atoms with van der Waals surface area (Å²) in [7, 11) is -2.78. The Bertz CT molecular complexity index is 1340. The smallest absolute Gasteiger partial charge is 0.268 e. The summed E-state index contributed by atoms with van der Waals surface area (Å²) < 4.78 is 34.3. The average Bonchev–Trinajstić information content (AvgIpc) is 2.87. The molecule has 1 heterocycles. The van der Waals surface area contributed by atoms with Crippen molar-refractivity contribution >= 4 is 44.8 Å². The molecule has 0 atom stereocenters. The molecule has 0 unspecified atom stereocenters. The summed E-state index contributed by atoms with van der Waals surface area (Å²) in [5.41, 5.74) is 2.25. The molecule has 196 valence electrons. The molecule has 1 fully saturated rings. The van der Waals surface area contributed by atoms with Crippen molar-refractivity contribution in [2.75, 3.05) is 31.0 Å². The standard InChI is InChI=1S/C28H30Cl2N2O4S/c1-20-8-9-26(36-2)27(14-20)37(34,35)32(25-17-23(29)16-24(30)18-25)19-28(33)31-12-10-22(11-13-31)15-21-6-4-3-5-7-21/h3-9,14,16-18,22H,10-13,15,19H2,1-2H3. The van der Waals surface area contributed by atoms with Crippen molar-refractivity contribution in [1.82, 2.24) is 4.90 Å². The molecule has 0 spiro atoms. The minimum Gasteiger partial charge on any atom is -0.495 e. The van der Waals surface area contributed by atoms with E-state index in [1.54, 1.807) is 24.0 Å². The van der Waals surface area contributed by atoms with Crippen LogP contribution in [0.25, 0.3) is 0 Å². The van der Waals surface area contributed by atoms with Crippen LogP contribution in [0.2, 0.25) is 10.0 Å². The Morgan fingerprint density at radius 2 is 1.65 bits per heavy atom. The number of carbonyl (C=O) groups excluding carboxylic acids is 1. The summed E-state index contributed by atoms with van der Waals surface area (Å²) in [5, 5.41) is 0.543. The lowest BCUT2D eigenvalue weighted by atomic mass is 9.90. The third kappa shape index (κ3) is 6.58. The fourth-order valence-corrected chi connectivity index (χ4v) is 6.82. The van der Waals surface area contributed by atoms with E-state index >= 15 is 0 Å². The van der Waals surface area contributed by atoms with E-state index in [0.29, 0.717) is 19.0 Å². The van der Waals surface area contributed by atoms with Gasteiger partial charge in [0.25, 0.3) is 10.0 Å². The first-order valence-corrected chi connectivity index (χ1v) is 14.3. The fraction of sp³-hybridized carbons (Fsp3) is 0.321. The predicted molar refractivity (Wildman–Crippen MR) is 148 cm³/mol. The number of hydrogen-bond donors (Lipinski definition) is 0. The first-order chi connectivity index (χ1) is 17.7. The molecular formula is C28H30Cl2N2O4S. The van der Waals surface area contributed by atoms with Gasteiger partial charge >= 0.3 is 0 Å². The second-order valence-corrected chi connectivity index (χ2v) is 12.0. The molecular weight excluding hydrogens is 531 g/mol. The van der Waals surface area contributed by atoms with Gasteiger partial charge in [0.1, 0.15) is 17.2 Å². The van der Waals surface area contributed by atoms with Crippen LogP contribution in [0.1, 0.15) is 24.0 Å². The molecule has 0 aromatic heterocycles. The van der Waals surface area contributed by atoms with E-state index in [2.05, 4.69) is 12.1 Å². The zero-order valence-electron chi connectivity index (χ0n) is 20.9. The zero-order chi connectivity index (χ0) is 26.6. The lowest BCUT2D eigenvalue weighted by molar-refractivity contribution is -0.130. The van der Waals surface area contributed by atoms with E-state index in [9.17, 15) is 13.2 Å². The molecule has 3 aromatic carbocycles. The first kappa shape index (κ1) is 27.3. The average molecular weight is 562 g/mol. The summed E-state index contributed by atoms with van der Waals surface area (Å²) in [5.74, 6) is 0.400. The van der Waals surface area contributed by atoms with E-state index in [0.717, 1.165) is 29.1 Å². The lowest BCUT2D eigenvalue weighted by Gasteiger charge is -2.34. The zero-order valence-corrected chi connectivity index (χ0v) is 23.2. The van der Waals surface area contributed by atoms with Crippen LogP contribution in [0.3, 0.4) is 0 Å². The Morgan fingerprint density at radius 1 is 1.00 bits per heavy atom. The van der Waals surface area contributed by atoms with Gasteiger partial charge in [-0.25, -0.2) is 8.42 Å². The number of rotatable bonds is 8. The highest BCUT2D eigenvalue weighted by atomic mass is 35.5. The van der Waals surface area contributed by atoms with Gasteiger partial charge in [0.2, 0.25) is 5.91 Å². The van der Waals surface area contributed by atoms with Gasteiger partial charge in [-0.1, -0.05) is 59.6 Å². The quantitative estimate of drug-likeness (QED) is 0.339. The summed E-state index contributed by atoms with van der Waals surface area (Å²) >= 11 is 12.4. The van der Waals surface area contributed by atoms with Crippen LogP contribution in [0, 0.1) is 12.8 Å². The Labute approximate surface area is 228 Å². The molecule has 1 saturated heterocycles. The Hall–Kier alpha value is -2.74. The monoisotopic (exact) mass is 560 g/mol. The van der Waals surface area contributed by atoms with Crippen LogP contribution in [0.15, 0.2) is 71.6 Å².